The highest BCUT2D eigenvalue weighted by Crippen LogP contribution is 2.31. The van der Waals surface area contributed by atoms with E-state index in [-0.39, 0.29) is 5.92 Å². The summed E-state index contributed by atoms with van der Waals surface area (Å²) in [5.74, 6) is 1.34. The molecule has 2 unspecified atom stereocenters. The number of allylic oxidation sites excluding steroid dienone is 13. The molecule has 0 bridgehead atoms. The molecule has 3 aromatic rings. The first-order valence-corrected chi connectivity index (χ1v) is 13.7. The van der Waals surface area contributed by atoms with Gasteiger partial charge in [-0.15, -0.1) is 0 Å². The highest BCUT2D eigenvalue weighted by Gasteiger charge is 2.20. The zero-order valence-electron chi connectivity index (χ0n) is 22.9. The number of nitrogens with zero attached hydrogens (tertiary/aromatic N) is 2. The molecular formula is C36H35ClN2. The summed E-state index contributed by atoms with van der Waals surface area (Å²) in [6.07, 6.45) is 23.7. The Morgan fingerprint density at radius 2 is 1.74 bits per heavy atom. The van der Waals surface area contributed by atoms with E-state index in [2.05, 4.69) is 99.4 Å². The normalized spacial score (nSPS) is 17.8. The first kappa shape index (κ1) is 28.0. The van der Waals surface area contributed by atoms with Crippen LogP contribution in [0.1, 0.15) is 49.5 Å². The highest BCUT2D eigenvalue weighted by atomic mass is 35.5. The summed E-state index contributed by atoms with van der Waals surface area (Å²) in [7, 11) is 0. The van der Waals surface area contributed by atoms with Crippen LogP contribution in [-0.2, 0) is 6.42 Å². The van der Waals surface area contributed by atoms with Crippen LogP contribution in [0.3, 0.4) is 0 Å². The molecule has 2 nitrogen and oxygen atoms in total. The molecule has 2 atom stereocenters. The highest BCUT2D eigenvalue weighted by molar-refractivity contribution is 6.30. The Bertz CT molecular complexity index is 1500. The van der Waals surface area contributed by atoms with Crippen LogP contribution in [0.2, 0.25) is 5.02 Å². The molecule has 0 fully saturated rings. The van der Waals surface area contributed by atoms with Gasteiger partial charge in [-0.1, -0.05) is 116 Å². The van der Waals surface area contributed by atoms with Crippen LogP contribution < -0.4 is 0 Å². The Balaban J connectivity index is 1.73. The minimum absolute atomic E-state index is 0.223. The zero-order valence-corrected chi connectivity index (χ0v) is 23.6. The Kier molecular flexibility index (Phi) is 9.83. The lowest BCUT2D eigenvalue weighted by Gasteiger charge is -2.21. The van der Waals surface area contributed by atoms with Crippen molar-refractivity contribution in [2.24, 2.45) is 5.92 Å². The predicted molar refractivity (Wildman–Crippen MR) is 169 cm³/mol. The monoisotopic (exact) mass is 530 g/mol. The second-order valence-electron chi connectivity index (χ2n) is 9.70. The quantitative estimate of drug-likeness (QED) is 0.257. The molecular weight excluding hydrogens is 496 g/mol. The largest absolute Gasteiger partial charge is 0.233 e. The zero-order chi connectivity index (χ0) is 27.6. The van der Waals surface area contributed by atoms with Gasteiger partial charge >= 0.3 is 0 Å². The molecule has 0 amide bonds. The van der Waals surface area contributed by atoms with Crippen molar-refractivity contribution in [3.63, 3.8) is 0 Å². The van der Waals surface area contributed by atoms with E-state index < -0.39 is 0 Å². The second-order valence-corrected chi connectivity index (χ2v) is 10.1. The first-order chi connectivity index (χ1) is 19.0. The molecule has 2 aromatic carbocycles. The number of benzene rings is 2. The first-order valence-electron chi connectivity index (χ1n) is 13.4. The number of hydrogen-bond donors (Lipinski definition) is 0. The van der Waals surface area contributed by atoms with Crippen LogP contribution in [0, 0.1) is 5.92 Å². The molecule has 0 saturated carbocycles. The Morgan fingerprint density at radius 1 is 0.974 bits per heavy atom. The van der Waals surface area contributed by atoms with Crippen LogP contribution in [0.25, 0.3) is 22.3 Å². The van der Waals surface area contributed by atoms with Crippen molar-refractivity contribution in [1.82, 2.24) is 9.97 Å². The number of hydrogen-bond acceptors (Lipinski definition) is 2. The van der Waals surface area contributed by atoms with E-state index in [1.807, 2.05) is 49.4 Å². The summed E-state index contributed by atoms with van der Waals surface area (Å²) in [6.45, 7) is 10.3. The Hall–Kier alpha value is -4.01. The lowest BCUT2D eigenvalue weighted by molar-refractivity contribution is 0.616. The smallest absolute Gasteiger partial charge is 0.155 e. The van der Waals surface area contributed by atoms with Gasteiger partial charge in [-0.3, -0.25) is 0 Å². The van der Waals surface area contributed by atoms with Crippen molar-refractivity contribution in [2.45, 2.75) is 33.1 Å². The van der Waals surface area contributed by atoms with E-state index >= 15 is 0 Å². The molecule has 4 rings (SSSR count). The van der Waals surface area contributed by atoms with Gasteiger partial charge in [0.2, 0.25) is 0 Å². The number of rotatable bonds is 9. The average Bonchev–Trinajstić information content (AvgIpc) is 2.95. The molecule has 1 aromatic heterocycles. The van der Waals surface area contributed by atoms with Gasteiger partial charge in [0.1, 0.15) is 0 Å². The fourth-order valence-electron chi connectivity index (χ4n) is 4.63. The third-order valence-electron chi connectivity index (χ3n) is 6.69. The van der Waals surface area contributed by atoms with E-state index in [4.69, 9.17) is 21.6 Å². The Morgan fingerprint density at radius 3 is 2.49 bits per heavy atom. The van der Waals surface area contributed by atoms with Crippen molar-refractivity contribution < 1.29 is 0 Å². The lowest BCUT2D eigenvalue weighted by atomic mass is 9.87. The SMILES string of the molecule is C=C/C=C(\C=C(/C)c1nc(C/C=C\C=C/C)cc(C2C=CC=CC2C)n1)c1cccc(-c2cccc(Cl)c2)c1. The summed E-state index contributed by atoms with van der Waals surface area (Å²) in [6, 6.07) is 18.5. The summed E-state index contributed by atoms with van der Waals surface area (Å²) in [5, 5.41) is 0.724. The summed E-state index contributed by atoms with van der Waals surface area (Å²) < 4.78 is 0. The average molecular weight is 531 g/mol. The van der Waals surface area contributed by atoms with E-state index in [1.54, 1.807) is 0 Å². The molecule has 0 aliphatic heterocycles. The maximum Gasteiger partial charge on any atom is 0.155 e. The van der Waals surface area contributed by atoms with Crippen molar-refractivity contribution in [3.8, 4) is 11.1 Å². The molecule has 3 heteroatoms. The molecule has 39 heavy (non-hydrogen) atoms. The fraction of sp³-hybridized carbons (Fsp3) is 0.167. The number of aromatic nitrogens is 2. The van der Waals surface area contributed by atoms with Gasteiger partial charge in [-0.05, 0) is 77.9 Å². The van der Waals surface area contributed by atoms with E-state index in [1.165, 1.54) is 0 Å². The van der Waals surface area contributed by atoms with Crippen molar-refractivity contribution in [1.29, 1.82) is 0 Å². The van der Waals surface area contributed by atoms with Crippen LogP contribution in [-0.4, -0.2) is 9.97 Å². The lowest BCUT2D eigenvalue weighted by Crippen LogP contribution is -2.12. The maximum atomic E-state index is 6.26. The van der Waals surface area contributed by atoms with E-state index in [9.17, 15) is 0 Å². The molecule has 0 radical (unpaired) electrons. The van der Waals surface area contributed by atoms with Gasteiger partial charge < -0.3 is 0 Å². The molecule has 0 N–H and O–H groups in total. The minimum atomic E-state index is 0.223. The van der Waals surface area contributed by atoms with E-state index in [0.717, 1.165) is 56.5 Å². The van der Waals surface area contributed by atoms with E-state index in [0.29, 0.717) is 5.92 Å². The minimum Gasteiger partial charge on any atom is -0.233 e. The van der Waals surface area contributed by atoms with Crippen molar-refractivity contribution in [2.75, 3.05) is 0 Å². The van der Waals surface area contributed by atoms with Gasteiger partial charge in [0.05, 0.1) is 5.69 Å². The molecule has 1 heterocycles. The van der Waals surface area contributed by atoms with Gasteiger partial charge in [0.15, 0.2) is 5.82 Å². The molecule has 0 spiro atoms. The van der Waals surface area contributed by atoms with Crippen molar-refractivity contribution >= 4 is 22.7 Å². The summed E-state index contributed by atoms with van der Waals surface area (Å²) >= 11 is 6.26. The fourth-order valence-corrected chi connectivity index (χ4v) is 4.82. The molecule has 1 aliphatic rings. The van der Waals surface area contributed by atoms with Gasteiger partial charge in [0, 0.05) is 23.1 Å². The predicted octanol–water partition coefficient (Wildman–Crippen LogP) is 9.99. The summed E-state index contributed by atoms with van der Waals surface area (Å²) in [5.41, 5.74) is 7.38. The van der Waals surface area contributed by atoms with Crippen LogP contribution in [0.5, 0.6) is 0 Å². The van der Waals surface area contributed by atoms with Gasteiger partial charge in [-0.25, -0.2) is 9.97 Å². The van der Waals surface area contributed by atoms with Crippen LogP contribution >= 0.6 is 11.6 Å². The standard InChI is InChI=1S/C36H35ClN2/c1-5-7-8-9-20-33-25-35(34-21-11-10-15-26(34)3)39-36(38-33)27(4)22-28(14-6-2)29-16-12-17-30(23-29)31-18-13-19-32(37)24-31/h5-19,21-26,34H,2,20H2,1,3-4H3/b7-5-,9-8-,27-22+,28-14+. The van der Waals surface area contributed by atoms with Gasteiger partial charge in [0.25, 0.3) is 0 Å². The van der Waals surface area contributed by atoms with Gasteiger partial charge in [-0.2, -0.15) is 0 Å². The summed E-state index contributed by atoms with van der Waals surface area (Å²) in [4.78, 5) is 10.0. The molecule has 196 valence electrons. The maximum absolute atomic E-state index is 6.26. The van der Waals surface area contributed by atoms with Crippen LogP contribution in [0.15, 0.2) is 128 Å². The molecule has 0 saturated heterocycles. The second kappa shape index (κ2) is 13.7. The Labute approximate surface area is 238 Å². The topological polar surface area (TPSA) is 25.8 Å². The molecule has 1 aliphatic carbocycles. The third-order valence-corrected chi connectivity index (χ3v) is 6.93. The third kappa shape index (κ3) is 7.52. The van der Waals surface area contributed by atoms with Crippen LogP contribution in [0.4, 0.5) is 0 Å². The van der Waals surface area contributed by atoms with Crippen molar-refractivity contribution in [3.05, 3.63) is 156 Å². The number of halogens is 1.